The molecule has 0 aliphatic carbocycles. The topological polar surface area (TPSA) is 29.3 Å². The molecule has 0 spiro atoms. The molecule has 1 aromatic carbocycles. The van der Waals surface area contributed by atoms with Gasteiger partial charge in [0.2, 0.25) is 0 Å². The molecule has 0 unspecified atom stereocenters. The molecule has 20 heavy (non-hydrogen) atoms. The highest BCUT2D eigenvalue weighted by molar-refractivity contribution is 7.80. The molecule has 0 amide bonds. The first-order valence-electron chi connectivity index (χ1n) is 7.57. The van der Waals surface area contributed by atoms with Crippen LogP contribution in [-0.4, -0.2) is 17.6 Å². The van der Waals surface area contributed by atoms with Crippen LogP contribution in [0.1, 0.15) is 51.7 Å². The van der Waals surface area contributed by atoms with Gasteiger partial charge in [0, 0.05) is 23.8 Å². The molecule has 112 valence electrons. The van der Waals surface area contributed by atoms with E-state index in [0.717, 1.165) is 24.9 Å². The third-order valence-corrected chi connectivity index (χ3v) is 3.89. The average Bonchev–Trinajstić information content (AvgIpc) is 2.38. The fourth-order valence-electron chi connectivity index (χ4n) is 2.66. The Labute approximate surface area is 129 Å². The van der Waals surface area contributed by atoms with Gasteiger partial charge in [-0.2, -0.15) is 0 Å². The monoisotopic (exact) mass is 292 g/mol. The predicted octanol–water partition coefficient (Wildman–Crippen LogP) is 4.28. The van der Waals surface area contributed by atoms with Gasteiger partial charge in [0.15, 0.2) is 0 Å². The molecule has 0 atom stereocenters. The van der Waals surface area contributed by atoms with Gasteiger partial charge in [-0.1, -0.05) is 51.5 Å². The minimum atomic E-state index is 0.489. The summed E-state index contributed by atoms with van der Waals surface area (Å²) in [5, 5.41) is 0. The van der Waals surface area contributed by atoms with Crippen LogP contribution in [0.5, 0.6) is 0 Å². The van der Waals surface area contributed by atoms with Crippen LogP contribution in [0.4, 0.5) is 5.69 Å². The second kappa shape index (κ2) is 7.63. The van der Waals surface area contributed by atoms with Crippen molar-refractivity contribution in [1.82, 2.24) is 0 Å². The fraction of sp³-hybridized carbons (Fsp3) is 0.588. The minimum absolute atomic E-state index is 0.489. The second-order valence-electron chi connectivity index (χ2n) is 5.90. The Morgan fingerprint density at radius 3 is 2.30 bits per heavy atom. The maximum Gasteiger partial charge on any atom is 0.106 e. The van der Waals surface area contributed by atoms with Gasteiger partial charge >= 0.3 is 0 Å². The Morgan fingerprint density at radius 1 is 1.25 bits per heavy atom. The van der Waals surface area contributed by atoms with Gasteiger partial charge in [-0.25, -0.2) is 0 Å². The highest BCUT2D eigenvalue weighted by Gasteiger charge is 2.20. The van der Waals surface area contributed by atoms with Crippen molar-refractivity contribution in [2.24, 2.45) is 11.7 Å². The Hall–Kier alpha value is -1.09. The van der Waals surface area contributed by atoms with E-state index < -0.39 is 0 Å². The fourth-order valence-corrected chi connectivity index (χ4v) is 2.83. The summed E-state index contributed by atoms with van der Waals surface area (Å²) in [6.07, 6.45) is 2.27. The van der Waals surface area contributed by atoms with E-state index in [9.17, 15) is 0 Å². The van der Waals surface area contributed by atoms with Crippen LogP contribution in [0, 0.1) is 12.8 Å². The van der Waals surface area contributed by atoms with E-state index >= 15 is 0 Å². The third kappa shape index (κ3) is 4.20. The van der Waals surface area contributed by atoms with Crippen LogP contribution in [0.2, 0.25) is 0 Å². The van der Waals surface area contributed by atoms with Crippen molar-refractivity contribution in [3.63, 3.8) is 0 Å². The van der Waals surface area contributed by atoms with E-state index in [1.807, 2.05) is 0 Å². The van der Waals surface area contributed by atoms with Crippen LogP contribution in [0.25, 0.3) is 0 Å². The number of benzene rings is 1. The Kier molecular flexibility index (Phi) is 6.47. The van der Waals surface area contributed by atoms with Crippen molar-refractivity contribution in [1.29, 1.82) is 0 Å². The van der Waals surface area contributed by atoms with Gasteiger partial charge in [-0.05, 0) is 37.8 Å². The summed E-state index contributed by atoms with van der Waals surface area (Å²) in [6.45, 7) is 12.1. The third-order valence-electron chi connectivity index (χ3n) is 3.67. The van der Waals surface area contributed by atoms with Crippen molar-refractivity contribution >= 4 is 22.9 Å². The smallest absolute Gasteiger partial charge is 0.106 e. The van der Waals surface area contributed by atoms with Crippen molar-refractivity contribution in [3.05, 3.63) is 29.3 Å². The lowest BCUT2D eigenvalue weighted by atomic mass is 10.0. The molecule has 2 nitrogen and oxygen atoms in total. The van der Waals surface area contributed by atoms with E-state index in [4.69, 9.17) is 18.0 Å². The lowest BCUT2D eigenvalue weighted by Gasteiger charge is -2.35. The van der Waals surface area contributed by atoms with E-state index in [0.29, 0.717) is 16.9 Å². The summed E-state index contributed by atoms with van der Waals surface area (Å²) in [7, 11) is 0. The van der Waals surface area contributed by atoms with Gasteiger partial charge < -0.3 is 10.6 Å². The van der Waals surface area contributed by atoms with Crippen LogP contribution in [-0.2, 0) is 0 Å². The van der Waals surface area contributed by atoms with Crippen LogP contribution in [0.3, 0.4) is 0 Å². The van der Waals surface area contributed by atoms with Crippen LogP contribution < -0.4 is 10.6 Å². The molecule has 0 saturated heterocycles. The Bertz CT molecular complexity index is 450. The van der Waals surface area contributed by atoms with E-state index in [1.165, 1.54) is 11.3 Å². The summed E-state index contributed by atoms with van der Waals surface area (Å²) in [4.78, 5) is 2.97. The van der Waals surface area contributed by atoms with Gasteiger partial charge in [-0.15, -0.1) is 0 Å². The lowest BCUT2D eigenvalue weighted by molar-refractivity contribution is 0.507. The maximum atomic E-state index is 5.94. The van der Waals surface area contributed by atoms with Crippen LogP contribution in [0.15, 0.2) is 18.2 Å². The second-order valence-corrected chi connectivity index (χ2v) is 6.34. The molecule has 0 aliphatic heterocycles. The summed E-state index contributed by atoms with van der Waals surface area (Å²) in [5.74, 6) is 0.607. The first kappa shape index (κ1) is 17.0. The molecule has 0 aromatic heterocycles. The molecule has 1 rings (SSSR count). The molecule has 2 N–H and O–H groups in total. The van der Waals surface area contributed by atoms with E-state index in [-0.39, 0.29) is 0 Å². The van der Waals surface area contributed by atoms with E-state index in [1.54, 1.807) is 0 Å². The normalized spacial score (nSPS) is 11.2. The molecule has 0 saturated carbocycles. The average molecular weight is 292 g/mol. The summed E-state index contributed by atoms with van der Waals surface area (Å²) in [5.41, 5.74) is 9.33. The van der Waals surface area contributed by atoms with Gasteiger partial charge in [0.05, 0.1) is 0 Å². The maximum absolute atomic E-state index is 5.94. The summed E-state index contributed by atoms with van der Waals surface area (Å²) in [6, 6.07) is 6.96. The van der Waals surface area contributed by atoms with Crippen molar-refractivity contribution in [2.45, 2.75) is 53.5 Å². The zero-order valence-electron chi connectivity index (χ0n) is 13.4. The number of nitrogens with two attached hydrogens (primary N) is 1. The van der Waals surface area contributed by atoms with Gasteiger partial charge in [0.25, 0.3) is 0 Å². The molecule has 0 fully saturated rings. The molecule has 3 heteroatoms. The van der Waals surface area contributed by atoms with E-state index in [2.05, 4.69) is 57.7 Å². The minimum Gasteiger partial charge on any atom is -0.389 e. The van der Waals surface area contributed by atoms with Crippen molar-refractivity contribution < 1.29 is 0 Å². The molecule has 0 aliphatic rings. The SMILES string of the molecule is CCC(CC)N(CC(C)C)c1ccc(C)cc1C(N)=S. The summed E-state index contributed by atoms with van der Waals surface area (Å²) >= 11 is 5.25. The predicted molar refractivity (Wildman–Crippen MR) is 93.6 cm³/mol. The number of nitrogens with zero attached hydrogens (tertiary/aromatic N) is 1. The molecular weight excluding hydrogens is 264 g/mol. The number of rotatable bonds is 7. The van der Waals surface area contributed by atoms with Gasteiger partial charge in [0.1, 0.15) is 4.99 Å². The number of aryl methyl sites for hydroxylation is 1. The van der Waals surface area contributed by atoms with Gasteiger partial charge in [-0.3, -0.25) is 0 Å². The zero-order chi connectivity index (χ0) is 15.3. The lowest BCUT2D eigenvalue weighted by Crippen LogP contribution is -2.38. The number of anilines is 1. The molecular formula is C17H28N2S. The Balaban J connectivity index is 3.28. The summed E-state index contributed by atoms with van der Waals surface area (Å²) < 4.78 is 0. The molecule has 1 aromatic rings. The highest BCUT2D eigenvalue weighted by Crippen LogP contribution is 2.27. The number of hydrogen-bond donors (Lipinski definition) is 1. The largest absolute Gasteiger partial charge is 0.389 e. The standard InChI is InChI=1S/C17H28N2S/c1-6-14(7-2)19(11-12(3)4)16-9-8-13(5)10-15(16)17(18)20/h8-10,12,14H,6-7,11H2,1-5H3,(H2,18,20). The number of hydrogen-bond acceptors (Lipinski definition) is 2. The molecule has 0 radical (unpaired) electrons. The highest BCUT2D eigenvalue weighted by atomic mass is 32.1. The zero-order valence-corrected chi connectivity index (χ0v) is 14.3. The van der Waals surface area contributed by atoms with Crippen molar-refractivity contribution in [2.75, 3.05) is 11.4 Å². The van der Waals surface area contributed by atoms with Crippen molar-refractivity contribution in [3.8, 4) is 0 Å². The Morgan fingerprint density at radius 2 is 1.85 bits per heavy atom. The quantitative estimate of drug-likeness (QED) is 0.761. The first-order valence-corrected chi connectivity index (χ1v) is 7.98. The first-order chi connectivity index (χ1) is 9.40. The van der Waals surface area contributed by atoms with Crippen LogP contribution >= 0.6 is 12.2 Å². The number of thiocarbonyl (C=S) groups is 1. The molecule has 0 heterocycles. The molecule has 0 bridgehead atoms.